The number of halogens is 3. The summed E-state index contributed by atoms with van der Waals surface area (Å²) in [5.74, 6) is -1.67. The molecule has 1 atom stereocenters. The second kappa shape index (κ2) is 6.53. The van der Waals surface area contributed by atoms with Gasteiger partial charge < -0.3 is 9.32 Å². The first-order valence-electron chi connectivity index (χ1n) is 8.29. The van der Waals surface area contributed by atoms with Crippen LogP contribution in [0.4, 0.5) is 18.9 Å². The molecule has 1 aromatic heterocycles. The summed E-state index contributed by atoms with van der Waals surface area (Å²) in [4.78, 5) is 14.4. The standard InChI is InChI=1S/C19H14F3N3O2/c20-19(21,22)15-8-9-25(16-7-2-1-6-14(15)16)18(26)13-5-3-4-12(10-13)17-24-23-11-27-17/h1-7,10-11,15H,8-9H2. The van der Waals surface area contributed by atoms with Crippen molar-refractivity contribution in [3.8, 4) is 11.5 Å². The van der Waals surface area contributed by atoms with Gasteiger partial charge in [0.25, 0.3) is 5.91 Å². The number of hydrogen-bond acceptors (Lipinski definition) is 4. The summed E-state index contributed by atoms with van der Waals surface area (Å²) in [7, 11) is 0. The van der Waals surface area contributed by atoms with E-state index in [1.165, 1.54) is 17.4 Å². The molecule has 1 amide bonds. The predicted molar refractivity (Wildman–Crippen MR) is 91.3 cm³/mol. The molecule has 2 aromatic carbocycles. The number of anilines is 1. The molecule has 0 saturated heterocycles. The Balaban J connectivity index is 1.70. The van der Waals surface area contributed by atoms with Crippen LogP contribution in [0.15, 0.2) is 59.3 Å². The molecule has 0 aliphatic carbocycles. The van der Waals surface area contributed by atoms with E-state index in [4.69, 9.17) is 4.42 Å². The van der Waals surface area contributed by atoms with Crippen molar-refractivity contribution in [2.75, 3.05) is 11.4 Å². The third-order valence-corrected chi connectivity index (χ3v) is 4.60. The van der Waals surface area contributed by atoms with Crippen molar-refractivity contribution in [3.05, 3.63) is 66.1 Å². The van der Waals surface area contributed by atoms with Crippen LogP contribution < -0.4 is 4.90 Å². The van der Waals surface area contributed by atoms with Crippen molar-refractivity contribution >= 4 is 11.6 Å². The number of para-hydroxylation sites is 1. The van der Waals surface area contributed by atoms with Crippen LogP contribution in [0.2, 0.25) is 0 Å². The monoisotopic (exact) mass is 373 g/mol. The minimum Gasteiger partial charge on any atom is -0.423 e. The van der Waals surface area contributed by atoms with Gasteiger partial charge in [-0.15, -0.1) is 10.2 Å². The highest BCUT2D eigenvalue weighted by Crippen LogP contribution is 2.45. The summed E-state index contributed by atoms with van der Waals surface area (Å²) in [5.41, 5.74) is 1.32. The third kappa shape index (κ3) is 3.18. The highest BCUT2D eigenvalue weighted by molar-refractivity contribution is 6.07. The lowest BCUT2D eigenvalue weighted by molar-refractivity contribution is -0.152. The molecule has 4 rings (SSSR count). The Bertz CT molecular complexity index is 970. The zero-order valence-electron chi connectivity index (χ0n) is 14.0. The van der Waals surface area contributed by atoms with Gasteiger partial charge in [-0.25, -0.2) is 0 Å². The predicted octanol–water partition coefficient (Wildman–Crippen LogP) is 4.43. The number of hydrogen-bond donors (Lipinski definition) is 0. The van der Waals surface area contributed by atoms with Gasteiger partial charge in [0.05, 0.1) is 5.92 Å². The first kappa shape index (κ1) is 17.3. The summed E-state index contributed by atoms with van der Waals surface area (Å²) in [5, 5.41) is 7.41. The van der Waals surface area contributed by atoms with Crippen LogP contribution in [0, 0.1) is 0 Å². The van der Waals surface area contributed by atoms with Crippen molar-refractivity contribution in [2.24, 2.45) is 0 Å². The average Bonchev–Trinajstić information content (AvgIpc) is 3.21. The van der Waals surface area contributed by atoms with E-state index >= 15 is 0 Å². The Morgan fingerprint density at radius 3 is 2.70 bits per heavy atom. The maximum absolute atomic E-state index is 13.4. The van der Waals surface area contributed by atoms with Crippen molar-refractivity contribution < 1.29 is 22.4 Å². The number of amides is 1. The van der Waals surface area contributed by atoms with Crippen LogP contribution in [0.1, 0.15) is 28.3 Å². The number of alkyl halides is 3. The van der Waals surface area contributed by atoms with E-state index < -0.39 is 12.1 Å². The van der Waals surface area contributed by atoms with E-state index in [9.17, 15) is 18.0 Å². The molecule has 0 fully saturated rings. The Labute approximate surface area is 152 Å². The lowest BCUT2D eigenvalue weighted by Gasteiger charge is -2.35. The first-order valence-corrected chi connectivity index (χ1v) is 8.29. The number of carbonyl (C=O) groups is 1. The maximum Gasteiger partial charge on any atom is 0.395 e. The molecular formula is C19H14F3N3O2. The van der Waals surface area contributed by atoms with Crippen LogP contribution in [-0.4, -0.2) is 28.8 Å². The Hall–Kier alpha value is -3.16. The molecule has 1 unspecified atom stereocenters. The van der Waals surface area contributed by atoms with Gasteiger partial charge in [-0.1, -0.05) is 24.3 Å². The van der Waals surface area contributed by atoms with Crippen molar-refractivity contribution in [3.63, 3.8) is 0 Å². The lowest BCUT2D eigenvalue weighted by atomic mass is 9.89. The molecule has 0 N–H and O–H groups in total. The fraction of sp³-hybridized carbons (Fsp3) is 0.211. The topological polar surface area (TPSA) is 59.2 Å². The van der Waals surface area contributed by atoms with Crippen LogP contribution in [0.25, 0.3) is 11.5 Å². The van der Waals surface area contributed by atoms with Gasteiger partial charge >= 0.3 is 6.18 Å². The Kier molecular flexibility index (Phi) is 4.18. The lowest BCUT2D eigenvalue weighted by Crippen LogP contribution is -2.39. The Morgan fingerprint density at radius 1 is 1.15 bits per heavy atom. The molecule has 2 heterocycles. The zero-order chi connectivity index (χ0) is 19.0. The molecule has 1 aliphatic heterocycles. The summed E-state index contributed by atoms with van der Waals surface area (Å²) in [6, 6.07) is 12.8. The van der Waals surface area contributed by atoms with Gasteiger partial charge in [0.2, 0.25) is 12.3 Å². The molecule has 8 heteroatoms. The van der Waals surface area contributed by atoms with Crippen LogP contribution in [0.5, 0.6) is 0 Å². The number of carbonyl (C=O) groups excluding carboxylic acids is 1. The highest BCUT2D eigenvalue weighted by Gasteiger charge is 2.45. The van der Waals surface area contributed by atoms with Gasteiger partial charge in [0.1, 0.15) is 0 Å². The van der Waals surface area contributed by atoms with Gasteiger partial charge in [0.15, 0.2) is 0 Å². The molecule has 5 nitrogen and oxygen atoms in total. The first-order chi connectivity index (χ1) is 12.9. The van der Waals surface area contributed by atoms with Crippen molar-refractivity contribution in [1.29, 1.82) is 0 Å². The van der Waals surface area contributed by atoms with E-state index in [0.717, 1.165) is 0 Å². The van der Waals surface area contributed by atoms with Crippen molar-refractivity contribution in [2.45, 2.75) is 18.5 Å². The van der Waals surface area contributed by atoms with Gasteiger partial charge in [-0.05, 0) is 36.2 Å². The SMILES string of the molecule is O=C(c1cccc(-c2nnco2)c1)N1CCC(C(F)(F)F)c2ccccc21. The number of nitrogens with zero attached hydrogens (tertiary/aromatic N) is 3. The smallest absolute Gasteiger partial charge is 0.395 e. The molecule has 1 aliphatic rings. The second-order valence-corrected chi connectivity index (χ2v) is 6.22. The van der Waals surface area contributed by atoms with E-state index in [2.05, 4.69) is 10.2 Å². The van der Waals surface area contributed by atoms with E-state index in [1.54, 1.807) is 42.5 Å². The third-order valence-electron chi connectivity index (χ3n) is 4.60. The normalized spacial score (nSPS) is 16.9. The van der Waals surface area contributed by atoms with Crippen LogP contribution >= 0.6 is 0 Å². The molecule has 0 radical (unpaired) electrons. The molecule has 27 heavy (non-hydrogen) atoms. The number of fused-ring (bicyclic) bond motifs is 1. The van der Waals surface area contributed by atoms with E-state index in [-0.39, 0.29) is 30.3 Å². The number of aromatic nitrogens is 2. The van der Waals surface area contributed by atoms with E-state index in [0.29, 0.717) is 16.8 Å². The molecule has 138 valence electrons. The van der Waals surface area contributed by atoms with E-state index in [1.807, 2.05) is 0 Å². The minimum absolute atomic E-state index is 0.00912. The summed E-state index contributed by atoms with van der Waals surface area (Å²) >= 11 is 0. The quantitative estimate of drug-likeness (QED) is 0.667. The fourth-order valence-corrected chi connectivity index (χ4v) is 3.35. The minimum atomic E-state index is -4.34. The largest absolute Gasteiger partial charge is 0.423 e. The zero-order valence-corrected chi connectivity index (χ0v) is 14.0. The number of benzene rings is 2. The molecule has 3 aromatic rings. The second-order valence-electron chi connectivity index (χ2n) is 6.22. The van der Waals surface area contributed by atoms with Gasteiger partial charge in [0, 0.05) is 23.4 Å². The van der Waals surface area contributed by atoms with Crippen LogP contribution in [-0.2, 0) is 0 Å². The molecule has 0 spiro atoms. The van der Waals surface area contributed by atoms with Gasteiger partial charge in [-0.3, -0.25) is 4.79 Å². The molecule has 0 bridgehead atoms. The average molecular weight is 373 g/mol. The Morgan fingerprint density at radius 2 is 1.96 bits per heavy atom. The van der Waals surface area contributed by atoms with Crippen molar-refractivity contribution in [1.82, 2.24) is 10.2 Å². The molecular weight excluding hydrogens is 359 g/mol. The summed E-state index contributed by atoms with van der Waals surface area (Å²) in [6.07, 6.45) is -3.33. The van der Waals surface area contributed by atoms with Crippen LogP contribution in [0.3, 0.4) is 0 Å². The molecule has 0 saturated carbocycles. The summed E-state index contributed by atoms with van der Waals surface area (Å²) in [6.45, 7) is -0.00912. The maximum atomic E-state index is 13.4. The highest BCUT2D eigenvalue weighted by atomic mass is 19.4. The fourth-order valence-electron chi connectivity index (χ4n) is 3.35. The van der Waals surface area contributed by atoms with Gasteiger partial charge in [-0.2, -0.15) is 13.2 Å². The number of rotatable bonds is 2. The summed E-state index contributed by atoms with van der Waals surface area (Å²) < 4.78 is 45.2.